The van der Waals surface area contributed by atoms with E-state index < -0.39 is 23.2 Å². The van der Waals surface area contributed by atoms with Crippen LogP contribution in [0.4, 0.5) is 13.2 Å². The monoisotopic (exact) mass is 437 g/mol. The smallest absolute Gasteiger partial charge is 0.437 e. The van der Waals surface area contributed by atoms with Gasteiger partial charge in [-0.1, -0.05) is 11.6 Å². The second kappa shape index (κ2) is 8.38. The first kappa shape index (κ1) is 21.1. The van der Waals surface area contributed by atoms with Crippen molar-refractivity contribution in [3.8, 4) is 23.4 Å². The molecule has 0 aliphatic rings. The van der Waals surface area contributed by atoms with Crippen molar-refractivity contribution in [3.63, 3.8) is 0 Å². The molecule has 3 aromatic rings. The van der Waals surface area contributed by atoms with Crippen molar-refractivity contribution in [2.75, 3.05) is 7.11 Å². The molecule has 154 valence electrons. The molecule has 0 saturated heterocycles. The first-order valence-electron chi connectivity index (χ1n) is 8.12. The number of hydrogen-bond acceptors (Lipinski definition) is 7. The van der Waals surface area contributed by atoms with Crippen LogP contribution in [0.25, 0.3) is 0 Å². The van der Waals surface area contributed by atoms with Gasteiger partial charge in [-0.05, 0) is 18.2 Å². The maximum Gasteiger partial charge on any atom is 0.437 e. The number of ether oxygens (including phenoxy) is 2. The summed E-state index contributed by atoms with van der Waals surface area (Å²) in [6.45, 7) is -0.268. The number of methoxy groups -OCH3 is 1. The molecule has 0 radical (unpaired) electrons. The Morgan fingerprint density at radius 2 is 1.93 bits per heavy atom. The van der Waals surface area contributed by atoms with Gasteiger partial charge >= 0.3 is 6.18 Å². The topological polar surface area (TPSA) is 103 Å². The van der Waals surface area contributed by atoms with E-state index in [-0.39, 0.29) is 34.5 Å². The van der Waals surface area contributed by atoms with Crippen LogP contribution in [0, 0.1) is 11.3 Å². The molecule has 0 atom stereocenters. The summed E-state index contributed by atoms with van der Waals surface area (Å²) in [5, 5.41) is 9.05. The average Bonchev–Trinajstić information content (AvgIpc) is 2.70. The molecule has 12 heteroatoms. The predicted molar refractivity (Wildman–Crippen MR) is 97.4 cm³/mol. The Kier molecular flexibility index (Phi) is 5.89. The zero-order valence-electron chi connectivity index (χ0n) is 15.1. The van der Waals surface area contributed by atoms with Gasteiger partial charge in [-0.15, -0.1) is 0 Å². The molecule has 0 amide bonds. The first-order chi connectivity index (χ1) is 14.2. The first-order valence-corrected chi connectivity index (χ1v) is 8.49. The molecular formula is C18H11ClF3N5O3. The molecule has 8 nitrogen and oxygen atoms in total. The molecule has 0 fully saturated rings. The minimum Gasteiger partial charge on any atom is -0.480 e. The second-order valence-corrected chi connectivity index (χ2v) is 6.19. The molecule has 30 heavy (non-hydrogen) atoms. The number of benzene rings is 1. The molecule has 0 saturated carbocycles. The third-order valence-corrected chi connectivity index (χ3v) is 3.95. The van der Waals surface area contributed by atoms with Crippen molar-refractivity contribution in [1.29, 1.82) is 5.26 Å². The second-order valence-electron chi connectivity index (χ2n) is 5.75. The number of alkyl halides is 3. The lowest BCUT2D eigenvalue weighted by molar-refractivity contribution is -0.142. The number of nitrogens with zero attached hydrogens (tertiary/aromatic N) is 5. The maximum atomic E-state index is 13.4. The Morgan fingerprint density at radius 3 is 2.60 bits per heavy atom. The van der Waals surface area contributed by atoms with Gasteiger partial charge in [0.25, 0.3) is 5.56 Å². The van der Waals surface area contributed by atoms with Crippen molar-refractivity contribution >= 4 is 11.6 Å². The minimum atomic E-state index is -4.96. The van der Waals surface area contributed by atoms with E-state index in [2.05, 4.69) is 15.0 Å². The molecule has 3 rings (SSSR count). The SMILES string of the molecule is COc1nccnc1Cn1cnc(C(F)(F)F)c(Oc2cc(Cl)cc(C#N)c2)c1=O. The molecule has 1 aromatic carbocycles. The quantitative estimate of drug-likeness (QED) is 0.602. The fraction of sp³-hybridized carbons (Fsp3) is 0.167. The van der Waals surface area contributed by atoms with Gasteiger partial charge in [0.1, 0.15) is 11.4 Å². The van der Waals surface area contributed by atoms with Gasteiger partial charge in [0.05, 0.1) is 31.6 Å². The largest absolute Gasteiger partial charge is 0.480 e. The van der Waals surface area contributed by atoms with Crippen molar-refractivity contribution in [2.45, 2.75) is 12.7 Å². The number of nitriles is 1. The Bertz CT molecular complexity index is 1190. The summed E-state index contributed by atoms with van der Waals surface area (Å²) >= 11 is 5.86. The van der Waals surface area contributed by atoms with E-state index >= 15 is 0 Å². The molecule has 0 aliphatic carbocycles. The van der Waals surface area contributed by atoms with E-state index in [0.29, 0.717) is 0 Å². The fourth-order valence-electron chi connectivity index (χ4n) is 2.48. The van der Waals surface area contributed by atoms with E-state index in [0.717, 1.165) is 17.0 Å². The van der Waals surface area contributed by atoms with Gasteiger partial charge < -0.3 is 9.47 Å². The molecule has 0 unspecified atom stereocenters. The summed E-state index contributed by atoms with van der Waals surface area (Å²) in [7, 11) is 1.34. The lowest BCUT2D eigenvalue weighted by atomic mass is 10.2. The van der Waals surface area contributed by atoms with Crippen LogP contribution in [0.5, 0.6) is 17.4 Å². The molecule has 0 N–H and O–H groups in total. The van der Waals surface area contributed by atoms with Crippen LogP contribution in [-0.4, -0.2) is 26.6 Å². The maximum absolute atomic E-state index is 13.4. The summed E-state index contributed by atoms with van der Waals surface area (Å²) in [4.78, 5) is 24.1. The average molecular weight is 438 g/mol. The van der Waals surface area contributed by atoms with E-state index in [1.165, 1.54) is 31.6 Å². The van der Waals surface area contributed by atoms with Crippen LogP contribution in [0.3, 0.4) is 0 Å². The highest BCUT2D eigenvalue weighted by Crippen LogP contribution is 2.35. The van der Waals surface area contributed by atoms with E-state index in [1.54, 1.807) is 6.07 Å². The Morgan fingerprint density at radius 1 is 1.20 bits per heavy atom. The van der Waals surface area contributed by atoms with Gasteiger partial charge in [-0.3, -0.25) is 14.3 Å². The molecule has 0 aliphatic heterocycles. The lowest BCUT2D eigenvalue weighted by Crippen LogP contribution is -2.27. The Hall–Kier alpha value is -3.65. The highest BCUT2D eigenvalue weighted by molar-refractivity contribution is 6.30. The molecule has 2 aromatic heterocycles. The van der Waals surface area contributed by atoms with Gasteiger partial charge in [-0.2, -0.15) is 18.4 Å². The van der Waals surface area contributed by atoms with Gasteiger partial charge in [0, 0.05) is 17.4 Å². The van der Waals surface area contributed by atoms with Crippen LogP contribution in [0.2, 0.25) is 5.02 Å². The highest BCUT2D eigenvalue weighted by Gasteiger charge is 2.38. The third-order valence-electron chi connectivity index (χ3n) is 3.73. The van der Waals surface area contributed by atoms with Crippen molar-refractivity contribution in [1.82, 2.24) is 19.5 Å². The van der Waals surface area contributed by atoms with E-state index in [1.807, 2.05) is 0 Å². The van der Waals surface area contributed by atoms with E-state index in [4.69, 9.17) is 26.3 Å². The predicted octanol–water partition coefficient (Wildman–Crippen LogP) is 3.43. The zero-order valence-corrected chi connectivity index (χ0v) is 15.9. The standard InChI is InChI=1S/C18H11ClF3N5O3/c1-29-16-13(24-2-3-25-16)8-27-9-26-15(18(20,21)22)14(17(27)28)30-12-5-10(7-23)4-11(19)6-12/h2-6,9H,8H2,1H3. The minimum absolute atomic E-state index is 0.0413. The number of rotatable bonds is 5. The summed E-state index contributed by atoms with van der Waals surface area (Å²) in [5.41, 5.74) is -2.40. The van der Waals surface area contributed by atoms with Crippen molar-refractivity contribution in [3.05, 3.63) is 69.2 Å². The lowest BCUT2D eigenvalue weighted by Gasteiger charge is -2.15. The van der Waals surface area contributed by atoms with Gasteiger partial charge in [0.15, 0.2) is 5.69 Å². The third kappa shape index (κ3) is 4.49. The van der Waals surface area contributed by atoms with Crippen LogP contribution in [0.1, 0.15) is 17.0 Å². The molecule has 0 spiro atoms. The number of hydrogen-bond donors (Lipinski definition) is 0. The number of aromatic nitrogens is 4. The van der Waals surface area contributed by atoms with Gasteiger partial charge in [-0.25, -0.2) is 9.97 Å². The zero-order chi connectivity index (χ0) is 21.9. The van der Waals surface area contributed by atoms with Gasteiger partial charge in [0.2, 0.25) is 11.6 Å². The molecule has 0 bridgehead atoms. The summed E-state index contributed by atoms with van der Waals surface area (Å²) in [6, 6.07) is 5.41. The molecular weight excluding hydrogens is 427 g/mol. The summed E-state index contributed by atoms with van der Waals surface area (Å²) < 4.78 is 51.4. The summed E-state index contributed by atoms with van der Waals surface area (Å²) in [5.74, 6) is -1.20. The normalized spacial score (nSPS) is 11.1. The van der Waals surface area contributed by atoms with Crippen LogP contribution >= 0.6 is 11.6 Å². The highest BCUT2D eigenvalue weighted by atomic mass is 35.5. The Labute approximate surface area is 172 Å². The van der Waals surface area contributed by atoms with Crippen LogP contribution < -0.4 is 15.0 Å². The van der Waals surface area contributed by atoms with Crippen LogP contribution in [0.15, 0.2) is 41.7 Å². The number of halogens is 4. The van der Waals surface area contributed by atoms with E-state index in [9.17, 15) is 18.0 Å². The van der Waals surface area contributed by atoms with Crippen LogP contribution in [-0.2, 0) is 12.7 Å². The fourth-order valence-corrected chi connectivity index (χ4v) is 2.70. The van der Waals surface area contributed by atoms with Crippen molar-refractivity contribution in [2.24, 2.45) is 0 Å². The Balaban J connectivity index is 2.10. The molecule has 2 heterocycles. The van der Waals surface area contributed by atoms with Crippen molar-refractivity contribution < 1.29 is 22.6 Å². The summed E-state index contributed by atoms with van der Waals surface area (Å²) in [6.07, 6.45) is -1.54.